The van der Waals surface area contributed by atoms with Crippen LogP contribution in [0.2, 0.25) is 0 Å². The summed E-state index contributed by atoms with van der Waals surface area (Å²) in [4.78, 5) is 22.9. The Morgan fingerprint density at radius 3 is 2.42 bits per heavy atom. The van der Waals surface area contributed by atoms with Gasteiger partial charge in [0.05, 0.1) is 4.58 Å². The second kappa shape index (κ2) is 9.22. The highest BCUT2D eigenvalue weighted by molar-refractivity contribution is 8.16. The Morgan fingerprint density at radius 2 is 1.88 bits per heavy atom. The molecule has 1 unspecified atom stereocenters. The van der Waals surface area contributed by atoms with Crippen molar-refractivity contribution in [3.8, 4) is 5.75 Å². The van der Waals surface area contributed by atoms with Crippen LogP contribution in [0, 0.1) is 5.92 Å². The van der Waals surface area contributed by atoms with E-state index in [0.29, 0.717) is 10.3 Å². The molecule has 1 fully saturated rings. The van der Waals surface area contributed by atoms with Crippen LogP contribution in [0.4, 0.5) is 0 Å². The Morgan fingerprint density at radius 1 is 1.25 bits per heavy atom. The first-order valence-corrected chi connectivity index (χ1v) is 10.0. The van der Waals surface area contributed by atoms with Gasteiger partial charge in [-0.3, -0.25) is 4.79 Å². The second-order valence-corrected chi connectivity index (χ2v) is 8.64. The molecular formula is C17H23NO4S2. The molecule has 24 heavy (non-hydrogen) atoms. The Kier molecular flexibility index (Phi) is 7.30. The monoisotopic (exact) mass is 369 g/mol. The molecule has 1 aliphatic rings. The third-order valence-electron chi connectivity index (χ3n) is 3.60. The largest absolute Gasteiger partial charge is 0.484 e. The lowest BCUT2D eigenvalue weighted by Crippen LogP contribution is -2.46. The van der Waals surface area contributed by atoms with Gasteiger partial charge in [-0.1, -0.05) is 26.0 Å². The third kappa shape index (κ3) is 5.63. The van der Waals surface area contributed by atoms with Gasteiger partial charge < -0.3 is 15.2 Å². The minimum Gasteiger partial charge on any atom is -0.484 e. The fourth-order valence-corrected chi connectivity index (χ4v) is 5.17. The summed E-state index contributed by atoms with van der Waals surface area (Å²) in [5, 5.41) is 11.6. The van der Waals surface area contributed by atoms with Crippen molar-refractivity contribution in [2.45, 2.75) is 30.9 Å². The first kappa shape index (κ1) is 19.0. The predicted octanol–water partition coefficient (Wildman–Crippen LogP) is 3.16. The van der Waals surface area contributed by atoms with E-state index in [1.54, 1.807) is 13.8 Å². The van der Waals surface area contributed by atoms with E-state index in [2.05, 4.69) is 5.32 Å². The number of ether oxygens (including phenoxy) is 1. The molecule has 1 amide bonds. The molecule has 1 heterocycles. The van der Waals surface area contributed by atoms with E-state index in [1.165, 1.54) is 23.5 Å². The lowest BCUT2D eigenvalue weighted by molar-refractivity contribution is -0.143. The molecule has 1 aromatic carbocycles. The van der Waals surface area contributed by atoms with Crippen LogP contribution in [-0.2, 0) is 9.59 Å². The molecule has 1 aromatic rings. The molecule has 0 radical (unpaired) electrons. The number of benzene rings is 1. The van der Waals surface area contributed by atoms with Crippen molar-refractivity contribution in [2.24, 2.45) is 5.92 Å². The Labute approximate surface area is 150 Å². The SMILES string of the molecule is CC(C)C(NC(=O)COc1ccc(C2SCCCS2)cc1)C(=O)O. The highest BCUT2D eigenvalue weighted by Gasteiger charge is 2.23. The van der Waals surface area contributed by atoms with Crippen LogP contribution in [0.25, 0.3) is 0 Å². The number of hydrogen-bond donors (Lipinski definition) is 2. The van der Waals surface area contributed by atoms with E-state index in [4.69, 9.17) is 9.84 Å². The van der Waals surface area contributed by atoms with Gasteiger partial charge in [0.15, 0.2) is 6.61 Å². The van der Waals surface area contributed by atoms with Gasteiger partial charge in [0.2, 0.25) is 0 Å². The van der Waals surface area contributed by atoms with Crippen LogP contribution in [0.3, 0.4) is 0 Å². The number of carbonyl (C=O) groups is 2. The average Bonchev–Trinajstić information content (AvgIpc) is 2.58. The predicted molar refractivity (Wildman–Crippen MR) is 98.6 cm³/mol. The minimum absolute atomic E-state index is 0.184. The molecule has 132 valence electrons. The van der Waals surface area contributed by atoms with Gasteiger partial charge in [-0.2, -0.15) is 0 Å². The quantitative estimate of drug-likeness (QED) is 0.769. The van der Waals surface area contributed by atoms with Crippen LogP contribution in [0.1, 0.15) is 30.4 Å². The van der Waals surface area contributed by atoms with Crippen molar-refractivity contribution < 1.29 is 19.4 Å². The number of carbonyl (C=O) groups excluding carboxylic acids is 1. The Bertz CT molecular complexity index is 556. The number of amides is 1. The zero-order chi connectivity index (χ0) is 17.5. The van der Waals surface area contributed by atoms with Gasteiger partial charge in [0.25, 0.3) is 5.91 Å². The lowest BCUT2D eigenvalue weighted by atomic mass is 10.1. The molecule has 0 spiro atoms. The maximum Gasteiger partial charge on any atom is 0.326 e. The normalized spacial score (nSPS) is 16.6. The summed E-state index contributed by atoms with van der Waals surface area (Å²) in [6.07, 6.45) is 1.26. The number of nitrogens with one attached hydrogen (secondary N) is 1. The zero-order valence-corrected chi connectivity index (χ0v) is 15.5. The van der Waals surface area contributed by atoms with Crippen LogP contribution in [0.5, 0.6) is 5.75 Å². The highest BCUT2D eigenvalue weighted by Crippen LogP contribution is 2.43. The molecule has 0 bridgehead atoms. The number of carboxylic acid groups (broad SMARTS) is 1. The van der Waals surface area contributed by atoms with E-state index in [0.717, 1.165) is 0 Å². The van der Waals surface area contributed by atoms with E-state index < -0.39 is 17.9 Å². The van der Waals surface area contributed by atoms with Gasteiger partial charge in [-0.15, -0.1) is 23.5 Å². The average molecular weight is 370 g/mol. The number of hydrogen-bond acceptors (Lipinski definition) is 5. The maximum atomic E-state index is 11.8. The molecule has 5 nitrogen and oxygen atoms in total. The van der Waals surface area contributed by atoms with Gasteiger partial charge in [-0.05, 0) is 41.5 Å². The topological polar surface area (TPSA) is 75.6 Å². The first-order chi connectivity index (χ1) is 11.5. The van der Waals surface area contributed by atoms with Crippen molar-refractivity contribution in [3.05, 3.63) is 29.8 Å². The summed E-state index contributed by atoms with van der Waals surface area (Å²) >= 11 is 3.91. The standard InChI is InChI=1S/C17H23NO4S2/c1-11(2)15(16(20)21)18-14(19)10-22-13-6-4-12(5-7-13)17-23-8-3-9-24-17/h4-7,11,15,17H,3,8-10H2,1-2H3,(H,18,19)(H,20,21). The third-order valence-corrected chi connectivity index (χ3v) is 6.61. The van der Waals surface area contributed by atoms with Crippen LogP contribution < -0.4 is 10.1 Å². The summed E-state index contributed by atoms with van der Waals surface area (Å²) < 4.78 is 5.92. The van der Waals surface area contributed by atoms with Crippen molar-refractivity contribution >= 4 is 35.4 Å². The Hall–Kier alpha value is -1.34. The molecule has 1 saturated heterocycles. The van der Waals surface area contributed by atoms with Crippen molar-refractivity contribution in [1.82, 2.24) is 5.32 Å². The second-order valence-electron chi connectivity index (χ2n) is 5.91. The molecule has 7 heteroatoms. The van der Waals surface area contributed by atoms with Gasteiger partial charge in [0.1, 0.15) is 11.8 Å². The molecule has 2 N–H and O–H groups in total. The van der Waals surface area contributed by atoms with E-state index in [1.807, 2.05) is 47.8 Å². The highest BCUT2D eigenvalue weighted by atomic mass is 32.2. The fraction of sp³-hybridized carbons (Fsp3) is 0.529. The summed E-state index contributed by atoms with van der Waals surface area (Å²) in [5.41, 5.74) is 1.26. The molecular weight excluding hydrogens is 346 g/mol. The van der Waals surface area contributed by atoms with E-state index in [-0.39, 0.29) is 12.5 Å². The molecule has 2 rings (SSSR count). The molecule has 0 saturated carbocycles. The Balaban J connectivity index is 1.83. The van der Waals surface area contributed by atoms with Gasteiger partial charge in [-0.25, -0.2) is 4.79 Å². The lowest BCUT2D eigenvalue weighted by Gasteiger charge is -2.21. The maximum absolute atomic E-state index is 11.8. The van der Waals surface area contributed by atoms with E-state index in [9.17, 15) is 9.59 Å². The summed E-state index contributed by atoms with van der Waals surface area (Å²) in [7, 11) is 0. The van der Waals surface area contributed by atoms with E-state index >= 15 is 0 Å². The number of aliphatic carboxylic acids is 1. The summed E-state index contributed by atoms with van der Waals surface area (Å²) in [6, 6.07) is 6.86. The summed E-state index contributed by atoms with van der Waals surface area (Å²) in [5.74, 6) is 1.34. The number of rotatable bonds is 7. The molecule has 1 aliphatic heterocycles. The molecule has 0 aliphatic carbocycles. The van der Waals surface area contributed by atoms with Gasteiger partial charge in [0, 0.05) is 0 Å². The van der Waals surface area contributed by atoms with Crippen LogP contribution >= 0.6 is 23.5 Å². The molecule has 1 atom stereocenters. The first-order valence-electron chi connectivity index (χ1n) is 7.95. The molecule has 0 aromatic heterocycles. The fourth-order valence-electron chi connectivity index (χ4n) is 2.28. The van der Waals surface area contributed by atoms with Crippen molar-refractivity contribution in [1.29, 1.82) is 0 Å². The van der Waals surface area contributed by atoms with Crippen LogP contribution in [-0.4, -0.2) is 41.1 Å². The van der Waals surface area contributed by atoms with Crippen LogP contribution in [0.15, 0.2) is 24.3 Å². The van der Waals surface area contributed by atoms with Crippen molar-refractivity contribution in [3.63, 3.8) is 0 Å². The number of thioether (sulfide) groups is 2. The smallest absolute Gasteiger partial charge is 0.326 e. The van der Waals surface area contributed by atoms with Crippen molar-refractivity contribution in [2.75, 3.05) is 18.1 Å². The summed E-state index contributed by atoms with van der Waals surface area (Å²) in [6.45, 7) is 3.31. The van der Waals surface area contributed by atoms with Gasteiger partial charge >= 0.3 is 5.97 Å². The minimum atomic E-state index is -1.04. The zero-order valence-electron chi connectivity index (χ0n) is 13.9. The number of carboxylic acids is 1.